The quantitative estimate of drug-likeness (QED) is 0.875. The monoisotopic (exact) mass is 386 g/mol. The predicted octanol–water partition coefficient (Wildman–Crippen LogP) is 3.61. The van der Waals surface area contributed by atoms with E-state index < -0.39 is 0 Å². The molecular formula is C16H20BrClN2O2. The third kappa shape index (κ3) is 3.16. The molecule has 1 aliphatic heterocycles. The summed E-state index contributed by atoms with van der Waals surface area (Å²) < 4.78 is 6.79. The van der Waals surface area contributed by atoms with Crippen LogP contribution in [-0.4, -0.2) is 37.5 Å². The minimum absolute atomic E-state index is 0. The zero-order valence-electron chi connectivity index (χ0n) is 12.7. The summed E-state index contributed by atoms with van der Waals surface area (Å²) >= 11 is 3.46. The highest BCUT2D eigenvalue weighted by molar-refractivity contribution is 9.10. The first-order valence-electron chi connectivity index (χ1n) is 7.22. The number of fused-ring (bicyclic) bond motifs is 1. The number of halogens is 2. The van der Waals surface area contributed by atoms with Crippen molar-refractivity contribution in [3.63, 3.8) is 0 Å². The van der Waals surface area contributed by atoms with Crippen LogP contribution in [-0.2, 0) is 0 Å². The topological polar surface area (TPSA) is 45.5 Å². The van der Waals surface area contributed by atoms with E-state index in [1.54, 1.807) is 0 Å². The van der Waals surface area contributed by atoms with Crippen LogP contribution in [0.25, 0.3) is 11.0 Å². The van der Waals surface area contributed by atoms with Crippen molar-refractivity contribution in [2.45, 2.75) is 13.3 Å². The number of benzene rings is 1. The number of hydrogen-bond donors (Lipinski definition) is 1. The van der Waals surface area contributed by atoms with Gasteiger partial charge in [0.2, 0.25) is 0 Å². The van der Waals surface area contributed by atoms with Gasteiger partial charge in [-0.1, -0.05) is 15.9 Å². The van der Waals surface area contributed by atoms with E-state index in [0.29, 0.717) is 11.7 Å². The number of rotatable bonds is 3. The second-order valence-corrected chi connectivity index (χ2v) is 6.58. The maximum Gasteiger partial charge on any atom is 0.289 e. The molecule has 0 aliphatic carbocycles. The van der Waals surface area contributed by atoms with Crippen molar-refractivity contribution in [3.8, 4) is 0 Å². The van der Waals surface area contributed by atoms with Crippen molar-refractivity contribution in [3.05, 3.63) is 34.0 Å². The maximum atomic E-state index is 12.7. The number of likely N-dealkylation sites (tertiary alicyclic amines) is 1. The molecule has 4 nitrogen and oxygen atoms in total. The van der Waals surface area contributed by atoms with Crippen molar-refractivity contribution < 1.29 is 9.21 Å². The Kier molecular flexibility index (Phi) is 5.53. The lowest BCUT2D eigenvalue weighted by atomic mass is 10.1. The summed E-state index contributed by atoms with van der Waals surface area (Å²) in [5.74, 6) is 1.03. The Balaban J connectivity index is 0.00000176. The van der Waals surface area contributed by atoms with E-state index in [0.717, 1.165) is 47.1 Å². The number of carbonyl (C=O) groups is 1. The predicted molar refractivity (Wildman–Crippen MR) is 93.8 cm³/mol. The zero-order chi connectivity index (χ0) is 15.0. The van der Waals surface area contributed by atoms with Gasteiger partial charge < -0.3 is 14.6 Å². The SMILES string of the molecule is CNCC1CCN(C(=O)c2oc3ccc(Br)cc3c2C)C1.Cl. The Bertz CT molecular complexity index is 686. The van der Waals surface area contributed by atoms with Crippen molar-refractivity contribution in [1.29, 1.82) is 0 Å². The molecule has 1 aromatic heterocycles. The number of nitrogens with one attached hydrogen (secondary N) is 1. The number of carbonyl (C=O) groups excluding carboxylic acids is 1. The lowest BCUT2D eigenvalue weighted by Gasteiger charge is -2.15. The zero-order valence-corrected chi connectivity index (χ0v) is 15.1. The van der Waals surface area contributed by atoms with E-state index in [4.69, 9.17) is 4.42 Å². The second kappa shape index (κ2) is 7.02. The molecule has 0 bridgehead atoms. The Labute approximate surface area is 144 Å². The number of hydrogen-bond acceptors (Lipinski definition) is 3. The largest absolute Gasteiger partial charge is 0.451 e. The fourth-order valence-corrected chi connectivity index (χ4v) is 3.37. The highest BCUT2D eigenvalue weighted by atomic mass is 79.9. The summed E-state index contributed by atoms with van der Waals surface area (Å²) in [5, 5.41) is 4.18. The molecular weight excluding hydrogens is 368 g/mol. The van der Waals surface area contributed by atoms with E-state index in [2.05, 4.69) is 21.2 Å². The van der Waals surface area contributed by atoms with Crippen molar-refractivity contribution in [2.24, 2.45) is 5.92 Å². The number of nitrogens with zero attached hydrogens (tertiary/aromatic N) is 1. The number of aryl methyl sites for hydroxylation is 1. The van der Waals surface area contributed by atoms with Crippen LogP contribution in [0.5, 0.6) is 0 Å². The first-order valence-corrected chi connectivity index (χ1v) is 8.02. The summed E-state index contributed by atoms with van der Waals surface area (Å²) in [4.78, 5) is 14.6. The van der Waals surface area contributed by atoms with Crippen LogP contribution in [0.4, 0.5) is 0 Å². The van der Waals surface area contributed by atoms with Gasteiger partial charge in [-0.15, -0.1) is 12.4 Å². The lowest BCUT2D eigenvalue weighted by Crippen LogP contribution is -2.30. The third-order valence-corrected chi connectivity index (χ3v) is 4.65. The Morgan fingerprint density at radius 2 is 2.27 bits per heavy atom. The Morgan fingerprint density at radius 1 is 1.50 bits per heavy atom. The van der Waals surface area contributed by atoms with Crippen LogP contribution in [0.2, 0.25) is 0 Å². The molecule has 1 atom stereocenters. The fraction of sp³-hybridized carbons (Fsp3) is 0.438. The van der Waals surface area contributed by atoms with Crippen LogP contribution in [0.1, 0.15) is 22.5 Å². The molecule has 0 radical (unpaired) electrons. The van der Waals surface area contributed by atoms with E-state index in [9.17, 15) is 4.79 Å². The van der Waals surface area contributed by atoms with Gasteiger partial charge in [-0.3, -0.25) is 4.79 Å². The molecule has 3 rings (SSSR count). The average molecular weight is 388 g/mol. The van der Waals surface area contributed by atoms with Gasteiger partial charge in [-0.25, -0.2) is 0 Å². The van der Waals surface area contributed by atoms with E-state index >= 15 is 0 Å². The van der Waals surface area contributed by atoms with Crippen LogP contribution in [0.3, 0.4) is 0 Å². The van der Waals surface area contributed by atoms with Gasteiger partial charge >= 0.3 is 0 Å². The molecule has 1 unspecified atom stereocenters. The molecule has 2 heterocycles. The van der Waals surface area contributed by atoms with Crippen LogP contribution in [0, 0.1) is 12.8 Å². The van der Waals surface area contributed by atoms with Crippen molar-refractivity contribution in [2.75, 3.05) is 26.7 Å². The van der Waals surface area contributed by atoms with Gasteiger partial charge in [0.1, 0.15) is 5.58 Å². The average Bonchev–Trinajstić information content (AvgIpc) is 3.05. The first-order chi connectivity index (χ1) is 10.1. The van der Waals surface area contributed by atoms with Gasteiger partial charge in [-0.2, -0.15) is 0 Å². The van der Waals surface area contributed by atoms with Gasteiger partial charge in [-0.05, 0) is 51.1 Å². The summed E-state index contributed by atoms with van der Waals surface area (Å²) in [6.07, 6.45) is 1.05. The molecule has 22 heavy (non-hydrogen) atoms. The summed E-state index contributed by atoms with van der Waals surface area (Å²) in [7, 11) is 1.95. The molecule has 1 saturated heterocycles. The third-order valence-electron chi connectivity index (χ3n) is 4.16. The van der Waals surface area contributed by atoms with Crippen molar-refractivity contribution >= 4 is 45.2 Å². The Morgan fingerprint density at radius 3 is 3.00 bits per heavy atom. The molecule has 6 heteroatoms. The van der Waals surface area contributed by atoms with Crippen LogP contribution < -0.4 is 5.32 Å². The maximum absolute atomic E-state index is 12.7. The highest BCUT2D eigenvalue weighted by Crippen LogP contribution is 2.29. The highest BCUT2D eigenvalue weighted by Gasteiger charge is 2.29. The summed E-state index contributed by atoms with van der Waals surface area (Å²) in [6, 6.07) is 5.83. The van der Waals surface area contributed by atoms with Crippen LogP contribution >= 0.6 is 28.3 Å². The van der Waals surface area contributed by atoms with Gasteiger partial charge in [0.05, 0.1) is 0 Å². The van der Waals surface area contributed by atoms with Gasteiger partial charge in [0.15, 0.2) is 5.76 Å². The molecule has 1 aliphatic rings. The van der Waals surface area contributed by atoms with Crippen molar-refractivity contribution in [1.82, 2.24) is 10.2 Å². The number of furan rings is 1. The van der Waals surface area contributed by atoms with E-state index in [1.807, 2.05) is 37.1 Å². The molecule has 2 aromatic rings. The van der Waals surface area contributed by atoms with E-state index in [1.165, 1.54) is 0 Å². The van der Waals surface area contributed by atoms with Gasteiger partial charge in [0.25, 0.3) is 5.91 Å². The second-order valence-electron chi connectivity index (χ2n) is 5.66. The normalized spacial score (nSPS) is 17.8. The summed E-state index contributed by atoms with van der Waals surface area (Å²) in [5.41, 5.74) is 1.69. The molecule has 1 amide bonds. The lowest BCUT2D eigenvalue weighted by molar-refractivity contribution is 0.0757. The minimum Gasteiger partial charge on any atom is -0.451 e. The molecule has 120 valence electrons. The Hall–Kier alpha value is -1.04. The smallest absolute Gasteiger partial charge is 0.289 e. The molecule has 1 fully saturated rings. The molecule has 1 aromatic carbocycles. The van der Waals surface area contributed by atoms with Gasteiger partial charge in [0, 0.05) is 28.5 Å². The molecule has 0 saturated carbocycles. The summed E-state index contributed by atoms with van der Waals surface area (Å²) in [6.45, 7) is 4.52. The molecule has 1 N–H and O–H groups in total. The molecule has 0 spiro atoms. The minimum atomic E-state index is 0. The van der Waals surface area contributed by atoms with E-state index in [-0.39, 0.29) is 18.3 Å². The van der Waals surface area contributed by atoms with Crippen LogP contribution in [0.15, 0.2) is 27.1 Å². The first kappa shape index (κ1) is 17.3. The fourth-order valence-electron chi connectivity index (χ4n) is 3.01. The number of amides is 1. The standard InChI is InChI=1S/C16H19BrN2O2.ClH/c1-10-13-7-12(17)3-4-14(13)21-15(10)16(20)19-6-5-11(9-19)8-18-2;/h3-4,7,11,18H,5-6,8-9H2,1-2H3;1H.